The number of benzene rings is 1. The van der Waals surface area contributed by atoms with Gasteiger partial charge >= 0.3 is 0 Å². The summed E-state index contributed by atoms with van der Waals surface area (Å²) in [5, 5.41) is 0. The summed E-state index contributed by atoms with van der Waals surface area (Å²) >= 11 is 0. The zero-order valence-corrected chi connectivity index (χ0v) is 17.4. The minimum Gasteiger partial charge on any atom is -0.375 e. The highest BCUT2D eigenvalue weighted by Gasteiger charge is 2.01. The summed E-state index contributed by atoms with van der Waals surface area (Å²) in [6.45, 7) is 5.75. The molecule has 25 heavy (non-hydrogen) atoms. The summed E-state index contributed by atoms with van der Waals surface area (Å²) in [5.41, 5.74) is 2.87. The molecule has 0 N–H and O–H groups in total. The van der Waals surface area contributed by atoms with Crippen LogP contribution >= 0.6 is 0 Å². The van der Waals surface area contributed by atoms with Gasteiger partial charge in [-0.1, -0.05) is 96.6 Å². The van der Waals surface area contributed by atoms with Crippen molar-refractivity contribution in [3.8, 4) is 0 Å². The smallest absolute Gasteiger partial charge is 0.0363 e. The molecule has 144 valence electrons. The molecule has 0 fully saturated rings. The third-order valence-corrected chi connectivity index (χ3v) is 5.29. The van der Waals surface area contributed by atoms with Gasteiger partial charge in [0.25, 0.3) is 0 Å². The zero-order chi connectivity index (χ0) is 18.2. The maximum atomic E-state index is 2.42. The van der Waals surface area contributed by atoms with Crippen LogP contribution in [0.15, 0.2) is 24.3 Å². The van der Waals surface area contributed by atoms with Gasteiger partial charge in [-0.2, -0.15) is 0 Å². The summed E-state index contributed by atoms with van der Waals surface area (Å²) in [6, 6.07) is 9.27. The van der Waals surface area contributed by atoms with Crippen LogP contribution in [0.3, 0.4) is 0 Å². The van der Waals surface area contributed by atoms with E-state index in [2.05, 4.69) is 50.1 Å². The molecule has 0 spiro atoms. The lowest BCUT2D eigenvalue weighted by Gasteiger charge is -2.19. The molecular formula is C24H43N. The Kier molecular flexibility index (Phi) is 13.5. The van der Waals surface area contributed by atoms with Crippen molar-refractivity contribution in [2.45, 2.75) is 104 Å². The van der Waals surface area contributed by atoms with Crippen molar-refractivity contribution in [1.82, 2.24) is 0 Å². The van der Waals surface area contributed by atoms with Crippen LogP contribution in [0.2, 0.25) is 0 Å². The molecule has 1 nitrogen and oxygen atoms in total. The Morgan fingerprint density at radius 2 is 1.08 bits per heavy atom. The van der Waals surface area contributed by atoms with E-state index in [-0.39, 0.29) is 0 Å². The molecular weight excluding hydrogens is 302 g/mol. The number of anilines is 1. The lowest BCUT2D eigenvalue weighted by Crippen LogP contribution is -2.18. The normalized spacial score (nSPS) is 11.0. The summed E-state index contributed by atoms with van der Waals surface area (Å²) in [7, 11) is 2.24. The molecule has 0 atom stereocenters. The van der Waals surface area contributed by atoms with Crippen LogP contribution in [0, 0.1) is 0 Å². The molecule has 0 heterocycles. The Hall–Kier alpha value is -0.980. The van der Waals surface area contributed by atoms with Crippen LogP contribution in [0.25, 0.3) is 0 Å². The highest BCUT2D eigenvalue weighted by molar-refractivity contribution is 5.46. The van der Waals surface area contributed by atoms with Gasteiger partial charge in [0.05, 0.1) is 0 Å². The largest absolute Gasteiger partial charge is 0.375 e. The van der Waals surface area contributed by atoms with Gasteiger partial charge in [0.15, 0.2) is 0 Å². The van der Waals surface area contributed by atoms with Crippen LogP contribution in [0.5, 0.6) is 0 Å². The molecule has 0 radical (unpaired) electrons. The van der Waals surface area contributed by atoms with Crippen LogP contribution in [0.1, 0.15) is 103 Å². The van der Waals surface area contributed by atoms with Gasteiger partial charge in [-0.25, -0.2) is 0 Å². The monoisotopic (exact) mass is 345 g/mol. The van der Waals surface area contributed by atoms with E-state index in [4.69, 9.17) is 0 Å². The number of hydrogen-bond donors (Lipinski definition) is 0. The number of rotatable bonds is 16. The molecule has 0 bridgehead atoms. The second kappa shape index (κ2) is 15.3. The maximum absolute atomic E-state index is 2.42. The predicted molar refractivity (Wildman–Crippen MR) is 115 cm³/mol. The van der Waals surface area contributed by atoms with E-state index < -0.39 is 0 Å². The first kappa shape index (κ1) is 22.1. The lowest BCUT2D eigenvalue weighted by atomic mass is 10.1. The average molecular weight is 346 g/mol. The molecule has 1 heteroatoms. The van der Waals surface area contributed by atoms with E-state index >= 15 is 0 Å². The number of hydrogen-bond acceptors (Lipinski definition) is 1. The Morgan fingerprint density at radius 3 is 1.64 bits per heavy atom. The van der Waals surface area contributed by atoms with Gasteiger partial charge in [-0.15, -0.1) is 0 Å². The van der Waals surface area contributed by atoms with Gasteiger partial charge in [0, 0.05) is 19.3 Å². The molecule has 0 aliphatic heterocycles. The Balaban J connectivity index is 2.09. The molecule has 0 aliphatic carbocycles. The quantitative estimate of drug-likeness (QED) is 0.276. The van der Waals surface area contributed by atoms with E-state index in [9.17, 15) is 0 Å². The Labute approximate surface area is 158 Å². The second-order valence-corrected chi connectivity index (χ2v) is 7.73. The van der Waals surface area contributed by atoms with Crippen LogP contribution in [0.4, 0.5) is 5.69 Å². The zero-order valence-electron chi connectivity index (χ0n) is 17.4. The van der Waals surface area contributed by atoms with Crippen molar-refractivity contribution in [2.75, 3.05) is 18.5 Å². The van der Waals surface area contributed by atoms with Crippen LogP contribution in [-0.2, 0) is 6.42 Å². The number of unbranched alkanes of at least 4 members (excludes halogenated alkanes) is 11. The van der Waals surface area contributed by atoms with Crippen molar-refractivity contribution < 1.29 is 0 Å². The molecule has 0 saturated carbocycles. The Morgan fingerprint density at radius 1 is 0.600 bits per heavy atom. The van der Waals surface area contributed by atoms with Gasteiger partial charge in [0.2, 0.25) is 0 Å². The van der Waals surface area contributed by atoms with Crippen molar-refractivity contribution >= 4 is 5.69 Å². The van der Waals surface area contributed by atoms with E-state index in [1.165, 1.54) is 108 Å². The predicted octanol–water partition coefficient (Wildman–Crippen LogP) is 7.78. The summed E-state index contributed by atoms with van der Waals surface area (Å²) in [6.07, 6.45) is 19.3. The standard InChI is InChI=1S/C24H43N/c1-4-6-8-10-11-12-13-14-16-22-25(3)24-20-18-23(19-21-24)17-15-9-7-5-2/h18-21H,4-17,22H2,1-3H3. The molecule has 0 aromatic heterocycles. The summed E-state index contributed by atoms with van der Waals surface area (Å²) < 4.78 is 0. The SMILES string of the molecule is CCCCCCCCCCCN(C)c1ccc(CCCCCC)cc1. The highest BCUT2D eigenvalue weighted by Crippen LogP contribution is 2.17. The van der Waals surface area contributed by atoms with Crippen molar-refractivity contribution in [1.29, 1.82) is 0 Å². The van der Waals surface area contributed by atoms with Gasteiger partial charge in [0.1, 0.15) is 0 Å². The highest BCUT2D eigenvalue weighted by atomic mass is 15.1. The summed E-state index contributed by atoms with van der Waals surface area (Å²) in [4.78, 5) is 2.42. The molecule has 0 amide bonds. The van der Waals surface area contributed by atoms with E-state index in [1.54, 1.807) is 0 Å². The summed E-state index contributed by atoms with van der Waals surface area (Å²) in [5.74, 6) is 0. The first-order valence-corrected chi connectivity index (χ1v) is 11.1. The number of nitrogens with zero attached hydrogens (tertiary/aromatic N) is 1. The van der Waals surface area contributed by atoms with E-state index in [0.29, 0.717) is 0 Å². The molecule has 1 aromatic carbocycles. The van der Waals surface area contributed by atoms with Crippen LogP contribution < -0.4 is 4.90 Å². The van der Waals surface area contributed by atoms with E-state index in [0.717, 1.165) is 0 Å². The van der Waals surface area contributed by atoms with Crippen molar-refractivity contribution in [3.63, 3.8) is 0 Å². The number of aryl methyl sites for hydroxylation is 1. The van der Waals surface area contributed by atoms with Gasteiger partial charge in [-0.05, 0) is 37.0 Å². The average Bonchev–Trinajstić information content (AvgIpc) is 2.64. The fourth-order valence-corrected chi connectivity index (χ4v) is 3.46. The molecule has 0 unspecified atom stereocenters. The lowest BCUT2D eigenvalue weighted by molar-refractivity contribution is 0.565. The van der Waals surface area contributed by atoms with Crippen molar-refractivity contribution in [3.05, 3.63) is 29.8 Å². The fourth-order valence-electron chi connectivity index (χ4n) is 3.46. The van der Waals surface area contributed by atoms with Crippen molar-refractivity contribution in [2.24, 2.45) is 0 Å². The molecule has 0 aliphatic rings. The fraction of sp³-hybridized carbons (Fsp3) is 0.750. The van der Waals surface area contributed by atoms with E-state index in [1.807, 2.05) is 0 Å². The van der Waals surface area contributed by atoms with Gasteiger partial charge < -0.3 is 4.90 Å². The second-order valence-electron chi connectivity index (χ2n) is 7.73. The first-order chi connectivity index (χ1) is 12.3. The first-order valence-electron chi connectivity index (χ1n) is 11.1. The Bertz CT molecular complexity index is 395. The third-order valence-electron chi connectivity index (χ3n) is 5.29. The topological polar surface area (TPSA) is 3.24 Å². The third kappa shape index (κ3) is 11.3. The minimum absolute atomic E-state index is 1.19. The van der Waals surface area contributed by atoms with Crippen LogP contribution in [-0.4, -0.2) is 13.6 Å². The van der Waals surface area contributed by atoms with Gasteiger partial charge in [-0.3, -0.25) is 0 Å². The minimum atomic E-state index is 1.19. The molecule has 1 aromatic rings. The molecule has 1 rings (SSSR count). The maximum Gasteiger partial charge on any atom is 0.0363 e. The molecule has 0 saturated heterocycles.